The van der Waals surface area contributed by atoms with Crippen molar-refractivity contribution in [2.24, 2.45) is 7.05 Å². The van der Waals surface area contributed by atoms with E-state index in [1.807, 2.05) is 11.7 Å². The van der Waals surface area contributed by atoms with Gasteiger partial charge in [-0.3, -0.25) is 9.58 Å². The summed E-state index contributed by atoms with van der Waals surface area (Å²) in [7, 11) is 1.98. The van der Waals surface area contributed by atoms with E-state index in [2.05, 4.69) is 36.1 Å². The van der Waals surface area contributed by atoms with Crippen molar-refractivity contribution < 1.29 is 0 Å². The van der Waals surface area contributed by atoms with Crippen LogP contribution in [-0.2, 0) is 7.05 Å². The Morgan fingerprint density at radius 2 is 2.05 bits per heavy atom. The van der Waals surface area contributed by atoms with Crippen LogP contribution >= 0.6 is 11.6 Å². The predicted molar refractivity (Wildman–Crippen MR) is 84.1 cm³/mol. The first-order chi connectivity index (χ1) is 9.54. The summed E-state index contributed by atoms with van der Waals surface area (Å²) in [6.07, 6.45) is 5.44. The van der Waals surface area contributed by atoms with Crippen LogP contribution in [0, 0.1) is 0 Å². The predicted octanol–water partition coefficient (Wildman–Crippen LogP) is 2.99. The second-order valence-corrected chi connectivity index (χ2v) is 6.30. The van der Waals surface area contributed by atoms with Crippen molar-refractivity contribution in [1.29, 1.82) is 0 Å². The van der Waals surface area contributed by atoms with Gasteiger partial charge in [-0.25, -0.2) is 0 Å². The number of aryl methyl sites for hydroxylation is 1. The molecule has 2 heterocycles. The van der Waals surface area contributed by atoms with E-state index < -0.39 is 0 Å². The number of hydrogen-bond acceptors (Lipinski definition) is 3. The topological polar surface area (TPSA) is 33.1 Å². The molecule has 2 unspecified atom stereocenters. The highest BCUT2D eigenvalue weighted by molar-refractivity contribution is 6.31. The van der Waals surface area contributed by atoms with Crippen molar-refractivity contribution in [3.8, 4) is 0 Å². The zero-order valence-corrected chi connectivity index (χ0v) is 13.9. The van der Waals surface area contributed by atoms with Crippen LogP contribution in [0.3, 0.4) is 0 Å². The Labute approximate surface area is 127 Å². The Hall–Kier alpha value is -0.580. The molecule has 1 aromatic heterocycles. The van der Waals surface area contributed by atoms with Crippen LogP contribution in [0.4, 0.5) is 0 Å². The van der Waals surface area contributed by atoms with Crippen LogP contribution in [0.5, 0.6) is 0 Å². The first-order valence-corrected chi connectivity index (χ1v) is 8.08. The van der Waals surface area contributed by atoms with Gasteiger partial charge in [-0.1, -0.05) is 25.4 Å². The first-order valence-electron chi connectivity index (χ1n) is 7.70. The molecule has 114 valence electrons. The van der Waals surface area contributed by atoms with Crippen LogP contribution in [0.1, 0.15) is 51.8 Å². The number of nitrogens with one attached hydrogen (secondary N) is 1. The van der Waals surface area contributed by atoms with Crippen LogP contribution in [0.15, 0.2) is 6.20 Å². The first kappa shape index (κ1) is 15.8. The lowest BCUT2D eigenvalue weighted by atomic mass is 9.85. The van der Waals surface area contributed by atoms with E-state index in [4.69, 9.17) is 11.6 Å². The molecule has 1 fully saturated rings. The molecule has 0 bridgehead atoms. The summed E-state index contributed by atoms with van der Waals surface area (Å²) in [5.41, 5.74) is 1.17. The van der Waals surface area contributed by atoms with Gasteiger partial charge in [0.2, 0.25) is 0 Å². The summed E-state index contributed by atoms with van der Waals surface area (Å²) in [5, 5.41) is 8.73. The maximum atomic E-state index is 6.40. The normalized spacial score (nSPS) is 21.1. The fourth-order valence-corrected chi connectivity index (χ4v) is 3.67. The van der Waals surface area contributed by atoms with Gasteiger partial charge >= 0.3 is 0 Å². The van der Waals surface area contributed by atoms with Gasteiger partial charge in [0.25, 0.3) is 0 Å². The second-order valence-electron chi connectivity index (χ2n) is 5.90. The third-order valence-electron chi connectivity index (χ3n) is 4.79. The van der Waals surface area contributed by atoms with Gasteiger partial charge in [-0.15, -0.1) is 0 Å². The molecule has 20 heavy (non-hydrogen) atoms. The Balaban J connectivity index is 2.39. The maximum absolute atomic E-state index is 6.40. The third kappa shape index (κ3) is 2.74. The minimum absolute atomic E-state index is 0.0734. The average molecular weight is 299 g/mol. The standard InChI is InChI=1S/C15H27ClN4/c1-5-15(3,20-9-7-8-10-20)14(17-6-2)13-12(16)11-18-19(13)4/h11,14,17H,5-10H2,1-4H3. The monoisotopic (exact) mass is 298 g/mol. The molecule has 1 aliphatic heterocycles. The van der Waals surface area contributed by atoms with Gasteiger partial charge in [0.05, 0.1) is 23.0 Å². The number of likely N-dealkylation sites (tertiary alicyclic amines) is 1. The molecule has 1 N–H and O–H groups in total. The quantitative estimate of drug-likeness (QED) is 0.876. The Morgan fingerprint density at radius 1 is 1.40 bits per heavy atom. The molecule has 0 spiro atoms. The molecule has 0 radical (unpaired) electrons. The van der Waals surface area contributed by atoms with Crippen LogP contribution in [0.2, 0.25) is 5.02 Å². The van der Waals surface area contributed by atoms with Crippen molar-refractivity contribution in [1.82, 2.24) is 20.0 Å². The number of likely N-dealkylation sites (N-methyl/N-ethyl adjacent to an activating group) is 1. The summed E-state index contributed by atoms with van der Waals surface area (Å²) in [5.74, 6) is 0. The molecule has 4 nitrogen and oxygen atoms in total. The van der Waals surface area contributed by atoms with Crippen molar-refractivity contribution in [2.45, 2.75) is 51.6 Å². The highest BCUT2D eigenvalue weighted by atomic mass is 35.5. The molecule has 2 rings (SSSR count). The number of nitrogens with zero attached hydrogens (tertiary/aromatic N) is 3. The molecule has 0 aromatic carbocycles. The molecule has 0 saturated carbocycles. The number of aromatic nitrogens is 2. The lowest BCUT2D eigenvalue weighted by Crippen LogP contribution is -2.53. The Bertz CT molecular complexity index is 420. The minimum atomic E-state index is 0.0734. The van der Waals surface area contributed by atoms with E-state index in [0.717, 1.165) is 23.7 Å². The summed E-state index contributed by atoms with van der Waals surface area (Å²) in [6.45, 7) is 10.1. The van der Waals surface area contributed by atoms with Gasteiger partial charge in [-0.2, -0.15) is 5.10 Å². The number of halogens is 1. The van der Waals surface area contributed by atoms with Crippen LogP contribution in [0.25, 0.3) is 0 Å². The van der Waals surface area contributed by atoms with Crippen molar-refractivity contribution in [3.63, 3.8) is 0 Å². The molecule has 0 aliphatic carbocycles. The lowest BCUT2D eigenvalue weighted by Gasteiger charge is -2.45. The van der Waals surface area contributed by atoms with E-state index in [9.17, 15) is 0 Å². The van der Waals surface area contributed by atoms with Crippen molar-refractivity contribution in [3.05, 3.63) is 16.9 Å². The van der Waals surface area contributed by atoms with Gasteiger partial charge in [0.15, 0.2) is 0 Å². The fourth-order valence-electron chi connectivity index (χ4n) is 3.40. The SMILES string of the molecule is CCNC(c1c(Cl)cnn1C)C(C)(CC)N1CCCC1. The van der Waals surface area contributed by atoms with E-state index >= 15 is 0 Å². The molecular formula is C15H27ClN4. The van der Waals surface area contributed by atoms with E-state index in [1.165, 1.54) is 25.9 Å². The van der Waals surface area contributed by atoms with E-state index in [1.54, 1.807) is 6.20 Å². The minimum Gasteiger partial charge on any atom is -0.307 e. The van der Waals surface area contributed by atoms with Crippen molar-refractivity contribution in [2.75, 3.05) is 19.6 Å². The third-order valence-corrected chi connectivity index (χ3v) is 5.08. The Kier molecular flexibility index (Phi) is 5.10. The van der Waals surface area contributed by atoms with Gasteiger partial charge in [0, 0.05) is 12.6 Å². The van der Waals surface area contributed by atoms with Crippen LogP contribution in [-0.4, -0.2) is 39.9 Å². The molecule has 1 saturated heterocycles. The van der Waals surface area contributed by atoms with E-state index in [-0.39, 0.29) is 11.6 Å². The highest BCUT2D eigenvalue weighted by Crippen LogP contribution is 2.38. The van der Waals surface area contributed by atoms with Crippen LogP contribution < -0.4 is 5.32 Å². The molecular weight excluding hydrogens is 272 g/mol. The smallest absolute Gasteiger partial charge is 0.0834 e. The van der Waals surface area contributed by atoms with Gasteiger partial charge in [0.1, 0.15) is 0 Å². The van der Waals surface area contributed by atoms with Crippen molar-refractivity contribution >= 4 is 11.6 Å². The fraction of sp³-hybridized carbons (Fsp3) is 0.800. The lowest BCUT2D eigenvalue weighted by molar-refractivity contribution is 0.0813. The number of hydrogen-bond donors (Lipinski definition) is 1. The second kappa shape index (κ2) is 6.46. The molecule has 1 aromatic rings. The zero-order valence-electron chi connectivity index (χ0n) is 13.1. The van der Waals surface area contributed by atoms with Gasteiger partial charge in [-0.05, 0) is 45.8 Å². The maximum Gasteiger partial charge on any atom is 0.0834 e. The molecule has 0 amide bonds. The molecule has 2 atom stereocenters. The summed E-state index contributed by atoms with van der Waals surface area (Å²) < 4.78 is 1.92. The number of rotatable bonds is 6. The largest absolute Gasteiger partial charge is 0.307 e. The summed E-state index contributed by atoms with van der Waals surface area (Å²) in [4.78, 5) is 2.61. The molecule has 1 aliphatic rings. The highest BCUT2D eigenvalue weighted by Gasteiger charge is 2.41. The van der Waals surface area contributed by atoms with Gasteiger partial charge < -0.3 is 5.32 Å². The summed E-state index contributed by atoms with van der Waals surface area (Å²) in [6, 6.07) is 0.204. The average Bonchev–Trinajstić information content (AvgIpc) is 3.07. The molecule has 5 heteroatoms. The van der Waals surface area contributed by atoms with E-state index in [0.29, 0.717) is 0 Å². The Morgan fingerprint density at radius 3 is 2.50 bits per heavy atom. The zero-order chi connectivity index (χ0) is 14.8. The summed E-state index contributed by atoms with van der Waals surface area (Å²) >= 11 is 6.40.